The minimum absolute atomic E-state index is 0.00810. The highest BCUT2D eigenvalue weighted by atomic mass is 16.2. The van der Waals surface area contributed by atoms with Crippen LogP contribution in [0.1, 0.15) is 51.9 Å². The first-order valence-electron chi connectivity index (χ1n) is 6.40. The van der Waals surface area contributed by atoms with Gasteiger partial charge in [0.05, 0.1) is 6.07 Å². The molecule has 3 heteroatoms. The van der Waals surface area contributed by atoms with E-state index in [1.54, 1.807) is 0 Å². The predicted molar refractivity (Wildman–Crippen MR) is 61.5 cm³/mol. The third-order valence-electron chi connectivity index (χ3n) is 4.28. The van der Waals surface area contributed by atoms with E-state index in [0.29, 0.717) is 12.0 Å². The molecule has 0 aromatic carbocycles. The first-order chi connectivity index (χ1) is 7.68. The lowest BCUT2D eigenvalue weighted by Gasteiger charge is -2.24. The van der Waals surface area contributed by atoms with E-state index in [9.17, 15) is 10.1 Å². The fourth-order valence-electron chi connectivity index (χ4n) is 3.03. The molecule has 16 heavy (non-hydrogen) atoms. The highest BCUT2D eigenvalue weighted by molar-refractivity contribution is 5.86. The Labute approximate surface area is 97.2 Å². The van der Waals surface area contributed by atoms with Gasteiger partial charge in [-0.1, -0.05) is 26.2 Å². The summed E-state index contributed by atoms with van der Waals surface area (Å²) in [6.07, 6.45) is 7.00. The molecule has 2 fully saturated rings. The monoisotopic (exact) mass is 220 g/mol. The van der Waals surface area contributed by atoms with Crippen molar-refractivity contribution in [1.29, 1.82) is 5.26 Å². The molecular formula is C13H20N2O. The molecular weight excluding hydrogens is 200 g/mol. The zero-order valence-electron chi connectivity index (χ0n) is 9.96. The Hall–Kier alpha value is -1.04. The van der Waals surface area contributed by atoms with Gasteiger partial charge in [-0.2, -0.15) is 5.26 Å². The predicted octanol–water partition coefficient (Wildman–Crippen LogP) is 2.38. The molecule has 1 N–H and O–H groups in total. The highest BCUT2D eigenvalue weighted by Crippen LogP contribution is 2.38. The summed E-state index contributed by atoms with van der Waals surface area (Å²) in [6.45, 7) is 2.19. The van der Waals surface area contributed by atoms with Crippen LogP contribution >= 0.6 is 0 Å². The Kier molecular flexibility index (Phi) is 3.18. The minimum Gasteiger partial charge on any atom is -0.352 e. The standard InChI is InChI=1S/C13H20N2O/c1-10-5-4-6-11(10)15-12(16)13(9-14)7-2-3-8-13/h10-11H,2-8H2,1H3,(H,15,16). The maximum absolute atomic E-state index is 12.2. The van der Waals surface area contributed by atoms with Gasteiger partial charge in [-0.25, -0.2) is 0 Å². The summed E-state index contributed by atoms with van der Waals surface area (Å²) in [6, 6.07) is 2.56. The lowest BCUT2D eigenvalue weighted by atomic mass is 9.86. The van der Waals surface area contributed by atoms with Crippen LogP contribution in [0.4, 0.5) is 0 Å². The van der Waals surface area contributed by atoms with Gasteiger partial charge in [0.1, 0.15) is 5.41 Å². The summed E-state index contributed by atoms with van der Waals surface area (Å²) in [5.74, 6) is 0.562. The molecule has 0 heterocycles. The van der Waals surface area contributed by atoms with Crippen molar-refractivity contribution in [2.45, 2.75) is 57.9 Å². The van der Waals surface area contributed by atoms with Gasteiger partial charge in [-0.15, -0.1) is 0 Å². The van der Waals surface area contributed by atoms with Crippen LogP contribution in [0.2, 0.25) is 0 Å². The molecule has 0 radical (unpaired) electrons. The Morgan fingerprint density at radius 3 is 2.50 bits per heavy atom. The SMILES string of the molecule is CC1CCCC1NC(=O)C1(C#N)CCCC1. The molecule has 2 rings (SSSR count). The number of hydrogen-bond acceptors (Lipinski definition) is 2. The molecule has 0 bridgehead atoms. The summed E-state index contributed by atoms with van der Waals surface area (Å²) >= 11 is 0. The Morgan fingerprint density at radius 1 is 1.31 bits per heavy atom. The largest absolute Gasteiger partial charge is 0.352 e. The van der Waals surface area contributed by atoms with Crippen molar-refractivity contribution < 1.29 is 4.79 Å². The Bertz CT molecular complexity index is 312. The van der Waals surface area contributed by atoms with Gasteiger partial charge in [0, 0.05) is 6.04 Å². The van der Waals surface area contributed by atoms with Crippen LogP contribution in [0, 0.1) is 22.7 Å². The van der Waals surface area contributed by atoms with Gasteiger partial charge in [-0.05, 0) is 31.6 Å². The second kappa shape index (κ2) is 4.45. The number of nitrogens with zero attached hydrogens (tertiary/aromatic N) is 1. The Morgan fingerprint density at radius 2 is 2.00 bits per heavy atom. The number of amides is 1. The molecule has 88 valence electrons. The van der Waals surface area contributed by atoms with E-state index >= 15 is 0 Å². The third-order valence-corrected chi connectivity index (χ3v) is 4.28. The average molecular weight is 220 g/mol. The number of carbonyl (C=O) groups is 1. The van der Waals surface area contributed by atoms with Crippen LogP contribution in [0.15, 0.2) is 0 Å². The van der Waals surface area contributed by atoms with Gasteiger partial charge in [0.15, 0.2) is 0 Å². The summed E-state index contributed by atoms with van der Waals surface area (Å²) < 4.78 is 0. The first-order valence-corrected chi connectivity index (χ1v) is 6.40. The molecule has 1 amide bonds. The van der Waals surface area contributed by atoms with Crippen molar-refractivity contribution in [2.75, 3.05) is 0 Å². The van der Waals surface area contributed by atoms with E-state index in [4.69, 9.17) is 0 Å². The van der Waals surface area contributed by atoms with Gasteiger partial charge in [0.2, 0.25) is 5.91 Å². The van der Waals surface area contributed by atoms with E-state index in [-0.39, 0.29) is 5.91 Å². The second-order valence-corrected chi connectivity index (χ2v) is 5.39. The summed E-state index contributed by atoms with van der Waals surface area (Å²) in [5.41, 5.74) is -0.706. The molecule has 2 aliphatic rings. The van der Waals surface area contributed by atoms with Crippen LogP contribution in [0.3, 0.4) is 0 Å². The number of rotatable bonds is 2. The van der Waals surface area contributed by atoms with Crippen LogP contribution in [0.5, 0.6) is 0 Å². The van der Waals surface area contributed by atoms with E-state index < -0.39 is 5.41 Å². The van der Waals surface area contributed by atoms with E-state index in [2.05, 4.69) is 18.3 Å². The fourth-order valence-corrected chi connectivity index (χ4v) is 3.03. The molecule has 0 saturated heterocycles. The molecule has 2 saturated carbocycles. The van der Waals surface area contributed by atoms with E-state index in [1.165, 1.54) is 12.8 Å². The number of nitriles is 1. The minimum atomic E-state index is -0.706. The topological polar surface area (TPSA) is 52.9 Å². The van der Waals surface area contributed by atoms with Crippen LogP contribution < -0.4 is 5.32 Å². The molecule has 2 unspecified atom stereocenters. The third kappa shape index (κ3) is 1.93. The molecule has 2 atom stereocenters. The van der Waals surface area contributed by atoms with Gasteiger partial charge in [-0.3, -0.25) is 4.79 Å². The quantitative estimate of drug-likeness (QED) is 0.776. The molecule has 0 spiro atoms. The average Bonchev–Trinajstić information content (AvgIpc) is 2.89. The number of carbonyl (C=O) groups excluding carboxylic acids is 1. The van der Waals surface area contributed by atoms with Crippen molar-refractivity contribution >= 4 is 5.91 Å². The zero-order chi connectivity index (χ0) is 11.6. The van der Waals surface area contributed by atoms with Crippen molar-refractivity contribution in [3.63, 3.8) is 0 Å². The normalized spacial score (nSPS) is 32.2. The first kappa shape index (κ1) is 11.4. The van der Waals surface area contributed by atoms with Crippen molar-refractivity contribution in [1.82, 2.24) is 5.32 Å². The van der Waals surface area contributed by atoms with Crippen molar-refractivity contribution in [2.24, 2.45) is 11.3 Å². The smallest absolute Gasteiger partial charge is 0.240 e. The van der Waals surface area contributed by atoms with Gasteiger partial charge < -0.3 is 5.32 Å². The molecule has 0 aromatic rings. The van der Waals surface area contributed by atoms with Crippen LogP contribution in [0.25, 0.3) is 0 Å². The zero-order valence-corrected chi connectivity index (χ0v) is 9.96. The fraction of sp³-hybridized carbons (Fsp3) is 0.846. The van der Waals surface area contributed by atoms with Crippen molar-refractivity contribution in [3.05, 3.63) is 0 Å². The second-order valence-electron chi connectivity index (χ2n) is 5.39. The number of hydrogen-bond donors (Lipinski definition) is 1. The van der Waals surface area contributed by atoms with Gasteiger partial charge in [0.25, 0.3) is 0 Å². The Balaban J connectivity index is 1.99. The summed E-state index contributed by atoms with van der Waals surface area (Å²) in [7, 11) is 0. The molecule has 3 nitrogen and oxygen atoms in total. The highest BCUT2D eigenvalue weighted by Gasteiger charge is 2.42. The summed E-state index contributed by atoms with van der Waals surface area (Å²) in [5, 5.41) is 12.3. The lowest BCUT2D eigenvalue weighted by molar-refractivity contribution is -0.128. The number of nitrogens with one attached hydrogen (secondary N) is 1. The van der Waals surface area contributed by atoms with E-state index in [1.807, 2.05) is 0 Å². The summed E-state index contributed by atoms with van der Waals surface area (Å²) in [4.78, 5) is 12.2. The van der Waals surface area contributed by atoms with E-state index in [0.717, 1.165) is 32.1 Å². The maximum Gasteiger partial charge on any atom is 0.240 e. The molecule has 0 aliphatic heterocycles. The van der Waals surface area contributed by atoms with Crippen LogP contribution in [-0.4, -0.2) is 11.9 Å². The maximum atomic E-state index is 12.2. The van der Waals surface area contributed by atoms with Crippen LogP contribution in [-0.2, 0) is 4.79 Å². The molecule has 0 aromatic heterocycles. The van der Waals surface area contributed by atoms with Gasteiger partial charge >= 0.3 is 0 Å². The van der Waals surface area contributed by atoms with Crippen molar-refractivity contribution in [3.8, 4) is 6.07 Å². The lowest BCUT2D eigenvalue weighted by Crippen LogP contribution is -2.44. The molecule has 2 aliphatic carbocycles.